The van der Waals surface area contributed by atoms with Crippen molar-refractivity contribution >= 4 is 34.0 Å². The number of fused-ring (bicyclic) bond motifs is 1. The maximum atomic E-state index is 6.30. The molecule has 0 saturated carbocycles. The van der Waals surface area contributed by atoms with Crippen LogP contribution in [0.15, 0.2) is 18.3 Å². The van der Waals surface area contributed by atoms with Crippen molar-refractivity contribution in [1.82, 2.24) is 15.3 Å². The molecule has 0 atom stereocenters. The van der Waals surface area contributed by atoms with E-state index >= 15 is 0 Å². The van der Waals surface area contributed by atoms with E-state index in [-0.39, 0.29) is 6.04 Å². The summed E-state index contributed by atoms with van der Waals surface area (Å²) < 4.78 is 0. The fourth-order valence-electron chi connectivity index (χ4n) is 2.58. The second-order valence-corrected chi connectivity index (χ2v) is 5.34. The van der Waals surface area contributed by atoms with Gasteiger partial charge in [0.05, 0.1) is 17.4 Å². The fraction of sp³-hybridized carbons (Fsp3) is 0.385. The lowest BCUT2D eigenvalue weighted by Gasteiger charge is -2.33. The first-order valence-electron chi connectivity index (χ1n) is 6.62. The number of pyridine rings is 2. The molecule has 6 nitrogen and oxygen atoms in total. The predicted octanol–water partition coefficient (Wildman–Crippen LogP) is 1.30. The Morgan fingerprint density at radius 3 is 2.80 bits per heavy atom. The van der Waals surface area contributed by atoms with Gasteiger partial charge < -0.3 is 16.1 Å². The van der Waals surface area contributed by atoms with Crippen molar-refractivity contribution in [3.63, 3.8) is 0 Å². The zero-order chi connectivity index (χ0) is 14.1. The van der Waals surface area contributed by atoms with Crippen LogP contribution in [0.25, 0.3) is 11.0 Å². The third-order valence-electron chi connectivity index (χ3n) is 3.64. The van der Waals surface area contributed by atoms with Gasteiger partial charge in [-0.3, -0.25) is 4.98 Å². The molecule has 3 heterocycles. The van der Waals surface area contributed by atoms with E-state index in [9.17, 15) is 0 Å². The van der Waals surface area contributed by atoms with Crippen molar-refractivity contribution in [1.29, 1.82) is 0 Å². The first kappa shape index (κ1) is 13.4. The number of hydrazine groups is 1. The van der Waals surface area contributed by atoms with E-state index in [1.807, 2.05) is 6.07 Å². The summed E-state index contributed by atoms with van der Waals surface area (Å²) in [5, 5.41) is 5.45. The third-order valence-corrected chi connectivity index (χ3v) is 3.85. The second-order valence-electron chi connectivity index (χ2n) is 4.95. The van der Waals surface area contributed by atoms with Gasteiger partial charge in [-0.25, -0.2) is 10.8 Å². The molecule has 1 saturated heterocycles. The third kappa shape index (κ3) is 2.37. The summed E-state index contributed by atoms with van der Waals surface area (Å²) in [7, 11) is 0. The number of halogens is 1. The Morgan fingerprint density at radius 2 is 2.05 bits per heavy atom. The van der Waals surface area contributed by atoms with Crippen molar-refractivity contribution in [2.45, 2.75) is 18.9 Å². The molecule has 0 aliphatic carbocycles. The van der Waals surface area contributed by atoms with Crippen LogP contribution in [0.3, 0.4) is 0 Å². The van der Waals surface area contributed by atoms with Gasteiger partial charge in [-0.15, -0.1) is 0 Å². The van der Waals surface area contributed by atoms with Crippen molar-refractivity contribution in [3.8, 4) is 0 Å². The van der Waals surface area contributed by atoms with Gasteiger partial charge in [0, 0.05) is 6.04 Å². The zero-order valence-electron chi connectivity index (χ0n) is 11.0. The monoisotopic (exact) mass is 292 g/mol. The lowest BCUT2D eigenvalue weighted by Crippen LogP contribution is -2.47. The molecule has 1 fully saturated rings. The minimum absolute atomic E-state index is 0.241. The largest absolute Gasteiger partial charge is 0.396 e. The highest BCUT2D eigenvalue weighted by molar-refractivity contribution is 6.29. The molecule has 0 amide bonds. The van der Waals surface area contributed by atoms with Gasteiger partial charge in [-0.05, 0) is 38.1 Å². The predicted molar refractivity (Wildman–Crippen MR) is 81.5 cm³/mol. The molecule has 0 spiro atoms. The molecule has 0 bridgehead atoms. The van der Waals surface area contributed by atoms with Gasteiger partial charge >= 0.3 is 0 Å². The van der Waals surface area contributed by atoms with E-state index in [1.165, 1.54) is 0 Å². The molecule has 20 heavy (non-hydrogen) atoms. The average molecular weight is 293 g/mol. The summed E-state index contributed by atoms with van der Waals surface area (Å²) in [6.45, 7) is 1.91. The molecule has 7 heteroatoms. The van der Waals surface area contributed by atoms with Gasteiger partial charge in [0.15, 0.2) is 0 Å². The number of hydrogen-bond acceptors (Lipinski definition) is 6. The highest BCUT2D eigenvalue weighted by Crippen LogP contribution is 2.31. The molecular weight excluding hydrogens is 276 g/mol. The molecule has 3 rings (SSSR count). The van der Waals surface area contributed by atoms with Crippen molar-refractivity contribution in [2.24, 2.45) is 5.84 Å². The van der Waals surface area contributed by atoms with Crippen LogP contribution in [-0.4, -0.2) is 29.1 Å². The van der Waals surface area contributed by atoms with Crippen LogP contribution < -0.4 is 21.9 Å². The maximum absolute atomic E-state index is 6.30. The highest BCUT2D eigenvalue weighted by atomic mass is 35.5. The number of piperidine rings is 1. The highest BCUT2D eigenvalue weighted by Gasteiger charge is 2.23. The Balaban J connectivity index is 2.08. The summed E-state index contributed by atoms with van der Waals surface area (Å²) in [4.78, 5) is 8.61. The van der Waals surface area contributed by atoms with Crippen molar-refractivity contribution in [2.75, 3.05) is 23.8 Å². The summed E-state index contributed by atoms with van der Waals surface area (Å²) in [5.74, 6) is 6.30. The molecule has 1 aliphatic rings. The molecule has 0 radical (unpaired) electrons. The maximum Gasteiger partial charge on any atom is 0.130 e. The Bertz CT molecular complexity index is 620. The second kappa shape index (κ2) is 5.40. The molecule has 0 unspecified atom stereocenters. The zero-order valence-corrected chi connectivity index (χ0v) is 11.8. The van der Waals surface area contributed by atoms with E-state index in [4.69, 9.17) is 23.2 Å². The lowest BCUT2D eigenvalue weighted by molar-refractivity contribution is 0.434. The standard InChI is InChI=1S/C13H17ClN6/c14-11-2-1-10-12(19-11)13(9(15)7-18-10)20(16)8-3-5-17-6-4-8/h1-2,7-8,17H,3-6,15-16H2. The van der Waals surface area contributed by atoms with E-state index in [1.54, 1.807) is 17.3 Å². The molecule has 5 N–H and O–H groups in total. The lowest BCUT2D eigenvalue weighted by atomic mass is 10.1. The molecule has 0 aromatic carbocycles. The number of nitrogens with one attached hydrogen (secondary N) is 1. The Morgan fingerprint density at radius 1 is 1.30 bits per heavy atom. The summed E-state index contributed by atoms with van der Waals surface area (Å²) in [6, 6.07) is 3.77. The van der Waals surface area contributed by atoms with Crippen LogP contribution in [0.2, 0.25) is 5.15 Å². The summed E-state index contributed by atoms with van der Waals surface area (Å²) >= 11 is 5.98. The minimum atomic E-state index is 0.241. The smallest absolute Gasteiger partial charge is 0.130 e. The number of rotatable bonds is 2. The minimum Gasteiger partial charge on any atom is -0.396 e. The number of anilines is 2. The fourth-order valence-corrected chi connectivity index (χ4v) is 2.73. The van der Waals surface area contributed by atoms with Crippen LogP contribution in [-0.2, 0) is 0 Å². The van der Waals surface area contributed by atoms with E-state index in [0.29, 0.717) is 22.0 Å². The van der Waals surface area contributed by atoms with Crippen molar-refractivity contribution < 1.29 is 0 Å². The number of aromatic nitrogens is 2. The molecule has 2 aromatic rings. The Kier molecular flexibility index (Phi) is 3.60. The first-order valence-corrected chi connectivity index (χ1v) is 7.00. The summed E-state index contributed by atoms with van der Waals surface area (Å²) in [6.07, 6.45) is 3.56. The van der Waals surface area contributed by atoms with Crippen LogP contribution in [0.1, 0.15) is 12.8 Å². The van der Waals surface area contributed by atoms with Gasteiger partial charge in [0.25, 0.3) is 0 Å². The number of hydrogen-bond donors (Lipinski definition) is 3. The first-order chi connectivity index (χ1) is 9.66. The Labute approximate surface area is 122 Å². The Hall–Kier alpha value is -1.63. The van der Waals surface area contributed by atoms with Gasteiger partial charge in [0.1, 0.15) is 16.4 Å². The van der Waals surface area contributed by atoms with Crippen LogP contribution in [0.4, 0.5) is 11.4 Å². The molecule has 1 aliphatic heterocycles. The molecule has 106 valence electrons. The quantitative estimate of drug-likeness (QED) is 0.439. The van der Waals surface area contributed by atoms with Crippen LogP contribution in [0.5, 0.6) is 0 Å². The average Bonchev–Trinajstić information content (AvgIpc) is 2.47. The SMILES string of the molecule is Nc1cnc2ccc(Cl)nc2c1N(N)C1CCNCC1. The summed E-state index contributed by atoms with van der Waals surface area (Å²) in [5.41, 5.74) is 8.69. The normalized spacial score (nSPS) is 16.5. The van der Waals surface area contributed by atoms with Gasteiger partial charge in [0.2, 0.25) is 0 Å². The molecule has 2 aromatic heterocycles. The number of nitrogen functional groups attached to an aromatic ring is 1. The van der Waals surface area contributed by atoms with Crippen LogP contribution >= 0.6 is 11.6 Å². The van der Waals surface area contributed by atoms with Gasteiger partial charge in [-0.1, -0.05) is 11.6 Å². The molecular formula is C13H17ClN6. The van der Waals surface area contributed by atoms with E-state index < -0.39 is 0 Å². The topological polar surface area (TPSA) is 93.1 Å². The van der Waals surface area contributed by atoms with Crippen LogP contribution in [0, 0.1) is 0 Å². The number of nitrogens with two attached hydrogens (primary N) is 2. The van der Waals surface area contributed by atoms with E-state index in [0.717, 1.165) is 31.4 Å². The van der Waals surface area contributed by atoms with E-state index in [2.05, 4.69) is 15.3 Å². The number of nitrogens with zero attached hydrogens (tertiary/aromatic N) is 3. The van der Waals surface area contributed by atoms with Crippen molar-refractivity contribution in [3.05, 3.63) is 23.5 Å². The van der Waals surface area contributed by atoms with Gasteiger partial charge in [-0.2, -0.15) is 0 Å².